The quantitative estimate of drug-likeness (QED) is 0.101. The predicted octanol–water partition coefficient (Wildman–Crippen LogP) is -3.06. The molecule has 33 heavy (non-hydrogen) atoms. The van der Waals surface area contributed by atoms with Gasteiger partial charge in [-0.3, -0.25) is 28.8 Å². The molecule has 0 saturated carbocycles. The molecule has 0 aromatic rings. The fourth-order valence-corrected chi connectivity index (χ4v) is 2.97. The fourth-order valence-electron chi connectivity index (χ4n) is 2.50. The number of hydrogen-bond acceptors (Lipinski definition) is 9. The third kappa shape index (κ3) is 13.1. The highest BCUT2D eigenvalue weighted by Crippen LogP contribution is 2.05. The molecule has 0 saturated heterocycles. The lowest BCUT2D eigenvalue weighted by Crippen LogP contribution is -2.57. The number of carbonyl (C=O) groups is 7. The number of nitrogens with one attached hydrogen (secondary N) is 3. The van der Waals surface area contributed by atoms with E-state index in [0.29, 0.717) is 5.75 Å². The van der Waals surface area contributed by atoms with E-state index in [0.717, 1.165) is 0 Å². The average molecular weight is 492 g/mol. The third-order valence-electron chi connectivity index (χ3n) is 4.17. The van der Waals surface area contributed by atoms with Gasteiger partial charge in [0.15, 0.2) is 0 Å². The van der Waals surface area contributed by atoms with Gasteiger partial charge in [-0.1, -0.05) is 0 Å². The largest absolute Gasteiger partial charge is 0.481 e. The van der Waals surface area contributed by atoms with E-state index < -0.39 is 72.6 Å². The zero-order chi connectivity index (χ0) is 25.6. The number of carboxylic acid groups (broad SMARTS) is 2. The Labute approximate surface area is 193 Å². The van der Waals surface area contributed by atoms with E-state index >= 15 is 0 Å². The first-order chi connectivity index (χ1) is 15.4. The highest BCUT2D eigenvalue weighted by atomic mass is 32.2. The molecule has 0 aliphatic rings. The highest BCUT2D eigenvalue weighted by molar-refractivity contribution is 7.98. The van der Waals surface area contributed by atoms with Crippen molar-refractivity contribution in [2.75, 3.05) is 12.0 Å². The monoisotopic (exact) mass is 491 g/mol. The van der Waals surface area contributed by atoms with Crippen molar-refractivity contribution in [3.8, 4) is 0 Å². The zero-order valence-electron chi connectivity index (χ0n) is 17.9. The first-order valence-corrected chi connectivity index (χ1v) is 11.1. The molecule has 9 N–H and O–H groups in total. The molecule has 0 bridgehead atoms. The van der Waals surface area contributed by atoms with Gasteiger partial charge in [-0.05, 0) is 24.9 Å². The maximum atomic E-state index is 12.8. The number of carboxylic acids is 2. The lowest BCUT2D eigenvalue weighted by molar-refractivity contribution is -0.140. The molecule has 0 fully saturated rings. The summed E-state index contributed by atoms with van der Waals surface area (Å²) in [5.74, 6) is -5.68. The van der Waals surface area contributed by atoms with Crippen LogP contribution in [0.5, 0.6) is 0 Å². The van der Waals surface area contributed by atoms with Crippen LogP contribution in [0, 0.1) is 0 Å². The molecule has 14 nitrogen and oxygen atoms in total. The van der Waals surface area contributed by atoms with Crippen molar-refractivity contribution >= 4 is 53.6 Å². The van der Waals surface area contributed by atoms with Crippen LogP contribution < -0.4 is 27.4 Å². The van der Waals surface area contributed by atoms with Crippen molar-refractivity contribution < 1.29 is 43.8 Å². The van der Waals surface area contributed by atoms with Gasteiger partial charge in [0.2, 0.25) is 23.6 Å². The molecule has 15 heteroatoms. The molecular weight excluding hydrogens is 462 g/mol. The molecule has 0 radical (unpaired) electrons. The summed E-state index contributed by atoms with van der Waals surface area (Å²) in [5, 5.41) is 24.4. The third-order valence-corrected chi connectivity index (χ3v) is 4.82. The van der Waals surface area contributed by atoms with Gasteiger partial charge in [-0.2, -0.15) is 11.8 Å². The Kier molecular flexibility index (Phi) is 14.1. The van der Waals surface area contributed by atoms with Crippen LogP contribution in [0.4, 0.5) is 0 Å². The maximum absolute atomic E-state index is 12.8. The van der Waals surface area contributed by atoms with E-state index in [2.05, 4.69) is 16.0 Å². The number of aldehydes is 1. The second kappa shape index (κ2) is 15.6. The number of primary amides is 1. The zero-order valence-corrected chi connectivity index (χ0v) is 18.8. The summed E-state index contributed by atoms with van der Waals surface area (Å²) in [4.78, 5) is 81.2. The van der Waals surface area contributed by atoms with Crippen molar-refractivity contribution in [2.45, 2.75) is 56.3 Å². The number of amides is 4. The normalized spacial score (nSPS) is 14.1. The molecule has 0 aliphatic heterocycles. The molecule has 0 rings (SSSR count). The first-order valence-electron chi connectivity index (χ1n) is 9.74. The molecule has 0 unspecified atom stereocenters. The van der Waals surface area contributed by atoms with Crippen molar-refractivity contribution in [1.29, 1.82) is 0 Å². The summed E-state index contributed by atoms with van der Waals surface area (Å²) in [6, 6.07) is -5.34. The predicted molar refractivity (Wildman–Crippen MR) is 116 cm³/mol. The van der Waals surface area contributed by atoms with Crippen molar-refractivity contribution in [3.05, 3.63) is 0 Å². The Balaban J connectivity index is 5.46. The second-order valence-electron chi connectivity index (χ2n) is 6.96. The van der Waals surface area contributed by atoms with Gasteiger partial charge >= 0.3 is 11.9 Å². The molecule has 186 valence electrons. The van der Waals surface area contributed by atoms with Crippen LogP contribution in [0.25, 0.3) is 0 Å². The van der Waals surface area contributed by atoms with Gasteiger partial charge in [-0.25, -0.2) is 0 Å². The van der Waals surface area contributed by atoms with Crippen molar-refractivity contribution in [1.82, 2.24) is 16.0 Å². The number of carbonyl (C=O) groups excluding carboxylic acids is 5. The number of hydrogen-bond donors (Lipinski definition) is 7. The SMILES string of the molecule is CSCC[C@H](NC(=O)[C@H](CCC(N)=O)NC(=O)[C@@H](N)CC(=O)O)C(=O)N[C@H](C=O)CC(=O)O. The lowest BCUT2D eigenvalue weighted by Gasteiger charge is -2.24. The van der Waals surface area contributed by atoms with Crippen molar-refractivity contribution in [2.24, 2.45) is 11.5 Å². The Hall–Kier alpha value is -3.20. The van der Waals surface area contributed by atoms with Crippen LogP contribution in [-0.4, -0.2) is 88.2 Å². The summed E-state index contributed by atoms with van der Waals surface area (Å²) < 4.78 is 0. The molecule has 4 atom stereocenters. The minimum Gasteiger partial charge on any atom is -0.481 e. The lowest BCUT2D eigenvalue weighted by atomic mass is 10.1. The van der Waals surface area contributed by atoms with Gasteiger partial charge < -0.3 is 42.4 Å². The Morgan fingerprint density at radius 1 is 0.879 bits per heavy atom. The van der Waals surface area contributed by atoms with Crippen molar-refractivity contribution in [3.63, 3.8) is 0 Å². The first kappa shape index (κ1) is 29.8. The minimum absolute atomic E-state index is 0.104. The number of aliphatic carboxylic acids is 2. The molecule has 0 aromatic carbocycles. The van der Waals surface area contributed by atoms with Crippen LogP contribution in [-0.2, 0) is 33.6 Å². The summed E-state index contributed by atoms with van der Waals surface area (Å²) >= 11 is 1.35. The molecule has 0 spiro atoms. The molecule has 0 heterocycles. The van der Waals surface area contributed by atoms with Gasteiger partial charge in [0.1, 0.15) is 18.4 Å². The van der Waals surface area contributed by atoms with Crippen LogP contribution >= 0.6 is 11.8 Å². The standard InChI is InChI=1S/C18H29N5O9S/c1-33-5-4-12(17(31)21-9(8-24)6-14(26)27)23-18(32)11(2-3-13(20)25)22-16(30)10(19)7-15(28)29/h8-12H,2-7,19H2,1H3,(H2,20,25)(H,21,31)(H,22,30)(H,23,32)(H,26,27)(H,28,29)/t9-,10-,11-,12-/m0/s1. The Morgan fingerprint density at radius 3 is 1.88 bits per heavy atom. The van der Waals surface area contributed by atoms with E-state index in [1.54, 1.807) is 6.26 Å². The molecule has 0 aromatic heterocycles. The second-order valence-corrected chi connectivity index (χ2v) is 7.95. The molecule has 4 amide bonds. The van der Waals surface area contributed by atoms with Gasteiger partial charge in [0.25, 0.3) is 0 Å². The van der Waals surface area contributed by atoms with E-state index in [4.69, 9.17) is 21.7 Å². The Bertz CT molecular complexity index is 749. The molecule has 0 aliphatic carbocycles. The topological polar surface area (TPSA) is 248 Å². The number of rotatable bonds is 17. The van der Waals surface area contributed by atoms with Crippen LogP contribution in [0.1, 0.15) is 32.1 Å². The summed E-state index contributed by atoms with van der Waals surface area (Å²) in [6.45, 7) is 0. The summed E-state index contributed by atoms with van der Waals surface area (Å²) in [7, 11) is 0. The summed E-state index contributed by atoms with van der Waals surface area (Å²) in [6.07, 6.45) is 0.183. The van der Waals surface area contributed by atoms with Gasteiger partial charge in [-0.15, -0.1) is 0 Å². The minimum atomic E-state index is -1.47. The molecular formula is C18H29N5O9S. The smallest absolute Gasteiger partial charge is 0.305 e. The van der Waals surface area contributed by atoms with Gasteiger partial charge in [0, 0.05) is 6.42 Å². The number of thioether (sulfide) groups is 1. The van der Waals surface area contributed by atoms with Crippen LogP contribution in [0.2, 0.25) is 0 Å². The maximum Gasteiger partial charge on any atom is 0.305 e. The van der Waals surface area contributed by atoms with Crippen LogP contribution in [0.3, 0.4) is 0 Å². The van der Waals surface area contributed by atoms with Crippen LogP contribution in [0.15, 0.2) is 0 Å². The Morgan fingerprint density at radius 2 is 1.39 bits per heavy atom. The van der Waals surface area contributed by atoms with E-state index in [9.17, 15) is 33.6 Å². The van der Waals surface area contributed by atoms with E-state index in [-0.39, 0.29) is 25.5 Å². The van der Waals surface area contributed by atoms with E-state index in [1.165, 1.54) is 11.8 Å². The average Bonchev–Trinajstić information content (AvgIpc) is 2.71. The summed E-state index contributed by atoms with van der Waals surface area (Å²) in [5.41, 5.74) is 10.6. The van der Waals surface area contributed by atoms with Gasteiger partial charge in [0.05, 0.1) is 24.9 Å². The highest BCUT2D eigenvalue weighted by Gasteiger charge is 2.29. The number of nitrogens with two attached hydrogens (primary N) is 2. The van der Waals surface area contributed by atoms with E-state index in [1.807, 2.05) is 0 Å². The fraction of sp³-hybridized carbons (Fsp3) is 0.611.